The number of carboxylic acids is 1. The highest BCUT2D eigenvalue weighted by Gasteiger charge is 2.21. The quantitative estimate of drug-likeness (QED) is 0.137. The van der Waals surface area contributed by atoms with Crippen LogP contribution in [0.2, 0.25) is 10.0 Å². The van der Waals surface area contributed by atoms with Crippen molar-refractivity contribution in [3.05, 3.63) is 104 Å². The number of hydrogen-bond donors (Lipinski definition) is 4. The molecule has 252 valence electrons. The van der Waals surface area contributed by atoms with Gasteiger partial charge < -0.3 is 25.8 Å². The standard InChI is InChI=1S/C36H34Cl2N6O5/c1-20-13-22(14-30-41-17-23(36(48)44(20)30)16-40-19-32(46)47)25-5-3-6-26(33(25)37)27-7-4-8-28(34(27)38)29-11-9-21(35(43-29)49-2)15-39-18-24-10-12-31(45)42-24/h3-9,11,13-14,17,24,39-40H,10,12,15-16,18-19H2,1-2H3,(H,42,45)(H,46,47)/t24-/m1/s1. The monoisotopic (exact) mass is 700 g/mol. The summed E-state index contributed by atoms with van der Waals surface area (Å²) in [5, 5.41) is 18.9. The number of ether oxygens (including phenoxy) is 1. The Morgan fingerprint density at radius 3 is 2.37 bits per heavy atom. The lowest BCUT2D eigenvalue weighted by Crippen LogP contribution is -2.35. The fourth-order valence-electron chi connectivity index (χ4n) is 6.04. The summed E-state index contributed by atoms with van der Waals surface area (Å²) < 4.78 is 7.13. The Morgan fingerprint density at radius 2 is 1.67 bits per heavy atom. The summed E-state index contributed by atoms with van der Waals surface area (Å²) in [5.41, 5.74) is 6.36. The maximum atomic E-state index is 13.2. The SMILES string of the molecule is COc1nc(-c2cccc(-c3cccc(-c4cc(C)n5c(=O)c(CNCC(=O)O)cnc5c4)c3Cl)c2Cl)ccc1CNC[C@H]1CCC(=O)N1. The molecule has 0 radical (unpaired) electrons. The van der Waals surface area contributed by atoms with Gasteiger partial charge in [0.1, 0.15) is 5.65 Å². The molecule has 1 saturated heterocycles. The molecule has 1 amide bonds. The van der Waals surface area contributed by atoms with Gasteiger partial charge in [0.05, 0.1) is 35.0 Å². The molecule has 0 spiro atoms. The number of benzene rings is 2. The second kappa shape index (κ2) is 14.8. The first-order valence-corrected chi connectivity index (χ1v) is 16.5. The molecule has 1 aliphatic heterocycles. The highest BCUT2D eigenvalue weighted by Crippen LogP contribution is 2.42. The van der Waals surface area contributed by atoms with Crippen LogP contribution >= 0.6 is 23.2 Å². The van der Waals surface area contributed by atoms with Gasteiger partial charge >= 0.3 is 5.97 Å². The van der Waals surface area contributed by atoms with E-state index in [0.29, 0.717) is 63.6 Å². The zero-order valence-electron chi connectivity index (χ0n) is 26.8. The number of methoxy groups -OCH3 is 1. The van der Waals surface area contributed by atoms with Crippen molar-refractivity contribution in [2.45, 2.75) is 38.9 Å². The number of pyridine rings is 2. The first-order valence-electron chi connectivity index (χ1n) is 15.7. The number of nitrogens with one attached hydrogen (secondary N) is 3. The van der Waals surface area contributed by atoms with Crippen molar-refractivity contribution in [1.29, 1.82) is 0 Å². The van der Waals surface area contributed by atoms with Crippen LogP contribution in [0.4, 0.5) is 0 Å². The van der Waals surface area contributed by atoms with Crippen molar-refractivity contribution in [2.24, 2.45) is 0 Å². The van der Waals surface area contributed by atoms with E-state index in [-0.39, 0.29) is 30.6 Å². The van der Waals surface area contributed by atoms with E-state index in [2.05, 4.69) is 20.9 Å². The molecule has 3 aromatic heterocycles. The summed E-state index contributed by atoms with van der Waals surface area (Å²) >= 11 is 14.2. The number of rotatable bonds is 12. The Hall–Kier alpha value is -4.81. The van der Waals surface area contributed by atoms with Crippen LogP contribution in [0.25, 0.3) is 39.2 Å². The number of aryl methyl sites for hydroxylation is 1. The predicted molar refractivity (Wildman–Crippen MR) is 189 cm³/mol. The van der Waals surface area contributed by atoms with Crippen molar-refractivity contribution >= 4 is 40.7 Å². The van der Waals surface area contributed by atoms with Crippen LogP contribution in [-0.2, 0) is 22.7 Å². The molecule has 13 heteroatoms. The van der Waals surface area contributed by atoms with E-state index in [9.17, 15) is 14.4 Å². The number of aliphatic carboxylic acids is 1. The van der Waals surface area contributed by atoms with Gasteiger partial charge in [0, 0.05) is 71.8 Å². The Kier molecular flexibility index (Phi) is 10.3. The molecule has 1 fully saturated rings. The topological polar surface area (TPSA) is 147 Å². The average molecular weight is 702 g/mol. The van der Waals surface area contributed by atoms with Crippen LogP contribution in [0.1, 0.15) is 29.7 Å². The number of nitrogens with zero attached hydrogens (tertiary/aromatic N) is 3. The van der Waals surface area contributed by atoms with Gasteiger partial charge in [-0.2, -0.15) is 0 Å². The molecule has 0 unspecified atom stereocenters. The first kappa shape index (κ1) is 34.1. The molecule has 4 heterocycles. The molecule has 6 rings (SSSR count). The second-order valence-corrected chi connectivity index (χ2v) is 12.6. The lowest BCUT2D eigenvalue weighted by atomic mass is 9.96. The van der Waals surface area contributed by atoms with Crippen molar-refractivity contribution in [3.63, 3.8) is 0 Å². The van der Waals surface area contributed by atoms with Gasteiger partial charge in [0.25, 0.3) is 5.56 Å². The van der Waals surface area contributed by atoms with Gasteiger partial charge in [0.2, 0.25) is 11.8 Å². The number of carbonyl (C=O) groups excluding carboxylic acids is 1. The Morgan fingerprint density at radius 1 is 0.980 bits per heavy atom. The van der Waals surface area contributed by atoms with E-state index < -0.39 is 5.97 Å². The second-order valence-electron chi connectivity index (χ2n) is 11.8. The lowest BCUT2D eigenvalue weighted by molar-refractivity contribution is -0.136. The third-order valence-electron chi connectivity index (χ3n) is 8.45. The number of carboxylic acid groups (broad SMARTS) is 1. The van der Waals surface area contributed by atoms with Crippen molar-refractivity contribution in [2.75, 3.05) is 20.2 Å². The Bertz CT molecular complexity index is 2140. The molecule has 1 atom stereocenters. The van der Waals surface area contributed by atoms with E-state index in [1.807, 2.05) is 61.5 Å². The van der Waals surface area contributed by atoms with Crippen molar-refractivity contribution in [3.8, 4) is 39.4 Å². The largest absolute Gasteiger partial charge is 0.481 e. The van der Waals surface area contributed by atoms with Crippen LogP contribution in [0.3, 0.4) is 0 Å². The zero-order valence-corrected chi connectivity index (χ0v) is 28.4. The van der Waals surface area contributed by atoms with E-state index in [1.54, 1.807) is 13.2 Å². The van der Waals surface area contributed by atoms with E-state index in [1.165, 1.54) is 10.6 Å². The minimum atomic E-state index is -1.01. The fraction of sp³-hybridized carbons (Fsp3) is 0.250. The first-order chi connectivity index (χ1) is 23.6. The van der Waals surface area contributed by atoms with E-state index in [0.717, 1.165) is 34.2 Å². The van der Waals surface area contributed by atoms with Gasteiger partial charge in [-0.3, -0.25) is 18.8 Å². The Balaban J connectivity index is 1.28. The summed E-state index contributed by atoms with van der Waals surface area (Å²) in [4.78, 5) is 44.8. The third kappa shape index (κ3) is 7.30. The molecule has 1 aliphatic rings. The predicted octanol–water partition coefficient (Wildman–Crippen LogP) is 5.26. The number of aromatic nitrogens is 3. The Labute approximate surface area is 292 Å². The summed E-state index contributed by atoms with van der Waals surface area (Å²) in [6.45, 7) is 2.82. The van der Waals surface area contributed by atoms with Crippen LogP contribution in [0.15, 0.2) is 71.7 Å². The molecule has 0 saturated carbocycles. The normalized spacial score (nSPS) is 14.3. The van der Waals surface area contributed by atoms with Gasteiger partial charge in [-0.1, -0.05) is 65.7 Å². The lowest BCUT2D eigenvalue weighted by Gasteiger charge is -2.16. The summed E-state index contributed by atoms with van der Waals surface area (Å²) in [6.07, 6.45) is 2.84. The molecule has 0 bridgehead atoms. The highest BCUT2D eigenvalue weighted by atomic mass is 35.5. The van der Waals surface area contributed by atoms with Crippen molar-refractivity contribution in [1.82, 2.24) is 30.3 Å². The number of amides is 1. The minimum absolute atomic E-state index is 0.0853. The summed E-state index contributed by atoms with van der Waals surface area (Å²) in [7, 11) is 1.58. The van der Waals surface area contributed by atoms with Gasteiger partial charge in [-0.05, 0) is 37.1 Å². The molecule has 2 aromatic carbocycles. The van der Waals surface area contributed by atoms with Crippen molar-refractivity contribution < 1.29 is 19.4 Å². The van der Waals surface area contributed by atoms with Gasteiger partial charge in [-0.15, -0.1) is 0 Å². The smallest absolute Gasteiger partial charge is 0.317 e. The van der Waals surface area contributed by atoms with Crippen LogP contribution in [-0.4, -0.2) is 57.6 Å². The molecular weight excluding hydrogens is 667 g/mol. The molecule has 0 aliphatic carbocycles. The summed E-state index contributed by atoms with van der Waals surface area (Å²) in [6, 6.07) is 19.0. The molecular formula is C36H34Cl2N6O5. The fourth-order valence-corrected chi connectivity index (χ4v) is 6.70. The summed E-state index contributed by atoms with van der Waals surface area (Å²) in [5.74, 6) is -0.447. The maximum Gasteiger partial charge on any atom is 0.317 e. The van der Waals surface area contributed by atoms with Crippen LogP contribution in [0.5, 0.6) is 5.88 Å². The average Bonchev–Trinajstić information content (AvgIpc) is 3.50. The highest BCUT2D eigenvalue weighted by molar-refractivity contribution is 6.39. The number of hydrogen-bond acceptors (Lipinski definition) is 8. The molecule has 4 N–H and O–H groups in total. The number of fused-ring (bicyclic) bond motifs is 1. The number of halogens is 2. The van der Waals surface area contributed by atoms with Gasteiger partial charge in [0.15, 0.2) is 0 Å². The number of carbonyl (C=O) groups is 2. The molecule has 11 nitrogen and oxygen atoms in total. The third-order valence-corrected chi connectivity index (χ3v) is 9.27. The minimum Gasteiger partial charge on any atom is -0.481 e. The molecule has 5 aromatic rings. The van der Waals surface area contributed by atoms with Gasteiger partial charge in [-0.25, -0.2) is 9.97 Å². The maximum absolute atomic E-state index is 13.2. The van der Waals surface area contributed by atoms with Crippen LogP contribution < -0.4 is 26.2 Å². The van der Waals surface area contributed by atoms with Crippen LogP contribution in [0, 0.1) is 6.92 Å². The zero-order chi connectivity index (χ0) is 34.7. The van der Waals surface area contributed by atoms with E-state index in [4.69, 9.17) is 38.0 Å². The molecule has 49 heavy (non-hydrogen) atoms. The van der Waals surface area contributed by atoms with E-state index >= 15 is 0 Å².